The van der Waals surface area contributed by atoms with Gasteiger partial charge in [-0.05, 0) is 31.7 Å². The minimum Gasteiger partial charge on any atom is -0.469 e. The van der Waals surface area contributed by atoms with Crippen molar-refractivity contribution in [2.75, 3.05) is 20.2 Å². The summed E-state index contributed by atoms with van der Waals surface area (Å²) in [6.45, 7) is 3.49. The van der Waals surface area contributed by atoms with Gasteiger partial charge in [0.1, 0.15) is 0 Å². The van der Waals surface area contributed by atoms with Crippen LogP contribution in [0.15, 0.2) is 35.9 Å². The fraction of sp³-hybridized carbons (Fsp3) is 0.444. The average Bonchev–Trinajstić information content (AvgIpc) is 2.87. The third-order valence-electron chi connectivity index (χ3n) is 3.96. The molecule has 1 aliphatic rings. The van der Waals surface area contributed by atoms with Gasteiger partial charge in [-0.15, -0.1) is 0 Å². The zero-order valence-electron chi connectivity index (χ0n) is 13.3. The minimum absolute atomic E-state index is 0.0628. The predicted octanol–water partition coefficient (Wildman–Crippen LogP) is 2.65. The van der Waals surface area contributed by atoms with Crippen molar-refractivity contribution in [1.82, 2.24) is 4.90 Å². The van der Waals surface area contributed by atoms with Crippen LogP contribution in [0.3, 0.4) is 0 Å². The van der Waals surface area contributed by atoms with E-state index < -0.39 is 0 Å². The number of hydrogen-bond donors (Lipinski definition) is 0. The summed E-state index contributed by atoms with van der Waals surface area (Å²) in [5.41, 5.74) is 3.30. The first kappa shape index (κ1) is 16.3. The zero-order chi connectivity index (χ0) is 15.9. The van der Waals surface area contributed by atoms with E-state index in [4.69, 9.17) is 0 Å². The van der Waals surface area contributed by atoms with Gasteiger partial charge in [0.15, 0.2) is 0 Å². The van der Waals surface area contributed by atoms with E-state index in [-0.39, 0.29) is 18.3 Å². The molecule has 0 saturated carbocycles. The lowest BCUT2D eigenvalue weighted by Gasteiger charge is -2.16. The molecule has 0 N–H and O–H groups in total. The van der Waals surface area contributed by atoms with Gasteiger partial charge in [-0.3, -0.25) is 9.59 Å². The predicted molar refractivity (Wildman–Crippen MR) is 85.4 cm³/mol. The lowest BCUT2D eigenvalue weighted by molar-refractivity contribution is -0.140. The monoisotopic (exact) mass is 301 g/mol. The highest BCUT2D eigenvalue weighted by Gasteiger charge is 2.23. The van der Waals surface area contributed by atoms with Crippen molar-refractivity contribution in [3.05, 3.63) is 47.0 Å². The first-order valence-electron chi connectivity index (χ1n) is 7.71. The SMILES string of the molecule is COC(=O)CCC1=CCN(CCCc2ccc(C)cc2)C1=O. The van der Waals surface area contributed by atoms with Gasteiger partial charge in [-0.25, -0.2) is 0 Å². The van der Waals surface area contributed by atoms with Gasteiger partial charge in [0.2, 0.25) is 5.91 Å². The summed E-state index contributed by atoms with van der Waals surface area (Å²) in [6, 6.07) is 8.51. The highest BCUT2D eigenvalue weighted by molar-refractivity contribution is 5.96. The van der Waals surface area contributed by atoms with E-state index in [0.29, 0.717) is 13.0 Å². The summed E-state index contributed by atoms with van der Waals surface area (Å²) in [4.78, 5) is 25.2. The van der Waals surface area contributed by atoms with Crippen molar-refractivity contribution in [1.29, 1.82) is 0 Å². The maximum absolute atomic E-state index is 12.2. The Labute approximate surface area is 131 Å². The standard InChI is InChI=1S/C18H23NO3/c1-14-5-7-15(8-6-14)4-3-12-19-13-11-16(18(19)21)9-10-17(20)22-2/h5-8,11H,3-4,9-10,12-13H2,1-2H3. The normalized spacial score (nSPS) is 14.2. The molecule has 1 amide bonds. The molecule has 0 unspecified atom stereocenters. The number of hydrogen-bond acceptors (Lipinski definition) is 3. The van der Waals surface area contributed by atoms with E-state index in [1.54, 1.807) is 0 Å². The van der Waals surface area contributed by atoms with Crippen LogP contribution in [-0.2, 0) is 20.7 Å². The molecule has 0 spiro atoms. The number of carbonyl (C=O) groups excluding carboxylic acids is 2. The van der Waals surface area contributed by atoms with E-state index in [0.717, 1.165) is 25.0 Å². The summed E-state index contributed by atoms with van der Waals surface area (Å²) in [7, 11) is 1.37. The van der Waals surface area contributed by atoms with Crippen molar-refractivity contribution >= 4 is 11.9 Å². The second-order valence-electron chi connectivity index (χ2n) is 5.65. The summed E-state index contributed by atoms with van der Waals surface area (Å²) in [5, 5.41) is 0. The summed E-state index contributed by atoms with van der Waals surface area (Å²) >= 11 is 0. The third-order valence-corrected chi connectivity index (χ3v) is 3.96. The van der Waals surface area contributed by atoms with Gasteiger partial charge in [0.25, 0.3) is 0 Å². The minimum atomic E-state index is -0.272. The van der Waals surface area contributed by atoms with Crippen LogP contribution in [0.1, 0.15) is 30.4 Å². The fourth-order valence-corrected chi connectivity index (χ4v) is 2.56. The Morgan fingerprint density at radius 1 is 1.23 bits per heavy atom. The molecule has 1 heterocycles. The largest absolute Gasteiger partial charge is 0.469 e. The van der Waals surface area contributed by atoms with Gasteiger partial charge >= 0.3 is 5.97 Å². The van der Waals surface area contributed by atoms with Crippen molar-refractivity contribution in [3.63, 3.8) is 0 Å². The smallest absolute Gasteiger partial charge is 0.305 e. The number of methoxy groups -OCH3 is 1. The summed E-state index contributed by atoms with van der Waals surface area (Å²) in [5.74, 6) is -0.209. The average molecular weight is 301 g/mol. The number of aryl methyl sites for hydroxylation is 2. The molecule has 1 aromatic carbocycles. The van der Waals surface area contributed by atoms with E-state index in [9.17, 15) is 9.59 Å². The second-order valence-corrected chi connectivity index (χ2v) is 5.65. The molecule has 118 valence electrons. The van der Waals surface area contributed by atoms with Crippen molar-refractivity contribution in [3.8, 4) is 0 Å². The number of amides is 1. The number of nitrogens with zero attached hydrogens (tertiary/aromatic N) is 1. The van der Waals surface area contributed by atoms with Crippen molar-refractivity contribution < 1.29 is 14.3 Å². The molecule has 22 heavy (non-hydrogen) atoms. The highest BCUT2D eigenvalue weighted by Crippen LogP contribution is 2.17. The van der Waals surface area contributed by atoms with Crippen LogP contribution in [-0.4, -0.2) is 37.0 Å². The van der Waals surface area contributed by atoms with E-state index in [2.05, 4.69) is 35.9 Å². The number of rotatable bonds is 7. The number of ether oxygens (including phenoxy) is 1. The molecule has 4 nitrogen and oxygen atoms in total. The molecule has 0 bridgehead atoms. The van der Waals surface area contributed by atoms with Crippen LogP contribution in [0.2, 0.25) is 0 Å². The molecule has 0 radical (unpaired) electrons. The first-order chi connectivity index (χ1) is 10.6. The Hall–Kier alpha value is -2.10. The fourth-order valence-electron chi connectivity index (χ4n) is 2.56. The van der Waals surface area contributed by atoms with Crippen LogP contribution in [0.5, 0.6) is 0 Å². The Morgan fingerprint density at radius 3 is 2.64 bits per heavy atom. The molecule has 4 heteroatoms. The number of benzene rings is 1. The van der Waals surface area contributed by atoms with Crippen LogP contribution >= 0.6 is 0 Å². The van der Waals surface area contributed by atoms with E-state index in [1.165, 1.54) is 18.2 Å². The molecule has 1 aliphatic heterocycles. The highest BCUT2D eigenvalue weighted by atomic mass is 16.5. The first-order valence-corrected chi connectivity index (χ1v) is 7.71. The summed E-state index contributed by atoms with van der Waals surface area (Å²) < 4.78 is 4.60. The lowest BCUT2D eigenvalue weighted by Crippen LogP contribution is -2.28. The maximum Gasteiger partial charge on any atom is 0.305 e. The molecule has 2 rings (SSSR count). The lowest BCUT2D eigenvalue weighted by atomic mass is 10.1. The van der Waals surface area contributed by atoms with Gasteiger partial charge < -0.3 is 9.64 Å². The number of esters is 1. The molecule has 0 aliphatic carbocycles. The van der Waals surface area contributed by atoms with Gasteiger partial charge in [-0.2, -0.15) is 0 Å². The Bertz CT molecular complexity index is 560. The topological polar surface area (TPSA) is 46.6 Å². The van der Waals surface area contributed by atoms with Crippen LogP contribution in [0.4, 0.5) is 0 Å². The van der Waals surface area contributed by atoms with E-state index in [1.807, 2.05) is 11.0 Å². The van der Waals surface area contributed by atoms with E-state index >= 15 is 0 Å². The quantitative estimate of drug-likeness (QED) is 0.727. The molecule has 0 fully saturated rings. The molecular weight excluding hydrogens is 278 g/mol. The molecular formula is C18H23NO3. The molecule has 1 aromatic rings. The molecule has 0 atom stereocenters. The van der Waals surface area contributed by atoms with Crippen molar-refractivity contribution in [2.45, 2.75) is 32.6 Å². The van der Waals surface area contributed by atoms with Crippen LogP contribution < -0.4 is 0 Å². The zero-order valence-corrected chi connectivity index (χ0v) is 13.3. The van der Waals surface area contributed by atoms with Gasteiger partial charge in [0.05, 0.1) is 7.11 Å². The Balaban J connectivity index is 1.73. The summed E-state index contributed by atoms with van der Waals surface area (Å²) in [6.07, 6.45) is 4.59. The van der Waals surface area contributed by atoms with Gasteiger partial charge in [0, 0.05) is 25.1 Å². The second kappa shape index (κ2) is 7.78. The Kier molecular flexibility index (Phi) is 5.75. The number of carbonyl (C=O) groups is 2. The maximum atomic E-state index is 12.2. The third kappa shape index (κ3) is 4.45. The molecule has 0 aromatic heterocycles. The van der Waals surface area contributed by atoms with Crippen LogP contribution in [0, 0.1) is 6.92 Å². The Morgan fingerprint density at radius 2 is 1.95 bits per heavy atom. The van der Waals surface area contributed by atoms with Crippen molar-refractivity contribution in [2.24, 2.45) is 0 Å². The van der Waals surface area contributed by atoms with Crippen LogP contribution in [0.25, 0.3) is 0 Å². The van der Waals surface area contributed by atoms with Gasteiger partial charge in [-0.1, -0.05) is 35.9 Å². The molecule has 0 saturated heterocycles.